The first-order chi connectivity index (χ1) is 11.5. The van der Waals surface area contributed by atoms with Gasteiger partial charge in [-0.1, -0.05) is 5.16 Å². The van der Waals surface area contributed by atoms with Crippen LogP contribution >= 0.6 is 0 Å². The van der Waals surface area contributed by atoms with E-state index in [9.17, 15) is 9.90 Å². The molecule has 2 aromatic rings. The van der Waals surface area contributed by atoms with Gasteiger partial charge >= 0.3 is 0 Å². The number of aromatic nitrogens is 2. The lowest BCUT2D eigenvalue weighted by atomic mass is 10.0. The zero-order valence-electron chi connectivity index (χ0n) is 14.0. The van der Waals surface area contributed by atoms with Crippen LogP contribution in [0.4, 0.5) is 0 Å². The highest BCUT2D eigenvalue weighted by Crippen LogP contribution is 2.27. The Bertz CT molecular complexity index is 743. The fourth-order valence-corrected chi connectivity index (χ4v) is 3.14. The second-order valence-electron chi connectivity index (χ2n) is 6.23. The summed E-state index contributed by atoms with van der Waals surface area (Å²) in [5, 5.41) is 13.8. The molecule has 1 fully saturated rings. The molecule has 7 heteroatoms. The van der Waals surface area contributed by atoms with E-state index in [1.807, 2.05) is 13.0 Å². The maximum absolute atomic E-state index is 12.7. The zero-order valence-corrected chi connectivity index (χ0v) is 14.0. The molecule has 0 aromatic carbocycles. The van der Waals surface area contributed by atoms with E-state index < -0.39 is 0 Å². The number of pyridine rings is 1. The van der Waals surface area contributed by atoms with Gasteiger partial charge in [-0.2, -0.15) is 0 Å². The molecular weight excluding hydrogens is 310 g/mol. The standard InChI is InChI=1S/C17H21N3O4/c1-10-5-14(15(21)7-18-10)17(22)20-8-12(16(9-20)23-3)6-13-4-11(2)19-24-13/h4-5,7,12,16,21H,6,8-9H2,1-3H3/t12-,16+/m1/s1. The average Bonchev–Trinajstić information content (AvgIpc) is 3.15. The van der Waals surface area contributed by atoms with Gasteiger partial charge in [-0.25, -0.2) is 0 Å². The molecular formula is C17H21N3O4. The van der Waals surface area contributed by atoms with E-state index in [1.54, 1.807) is 25.0 Å². The summed E-state index contributed by atoms with van der Waals surface area (Å²) in [4.78, 5) is 18.4. The van der Waals surface area contributed by atoms with Gasteiger partial charge in [0.25, 0.3) is 5.91 Å². The first kappa shape index (κ1) is 16.4. The van der Waals surface area contributed by atoms with Crippen molar-refractivity contribution >= 4 is 5.91 Å². The highest BCUT2D eigenvalue weighted by Gasteiger charge is 2.37. The van der Waals surface area contributed by atoms with Crippen molar-refractivity contribution in [2.45, 2.75) is 26.4 Å². The number of carbonyl (C=O) groups excluding carboxylic acids is 1. The molecule has 24 heavy (non-hydrogen) atoms. The molecule has 1 amide bonds. The van der Waals surface area contributed by atoms with Crippen molar-refractivity contribution in [1.29, 1.82) is 0 Å². The number of methoxy groups -OCH3 is 1. The van der Waals surface area contributed by atoms with Crippen molar-refractivity contribution in [3.8, 4) is 5.75 Å². The van der Waals surface area contributed by atoms with Crippen LogP contribution in [-0.2, 0) is 11.2 Å². The van der Waals surface area contributed by atoms with Crippen molar-refractivity contribution in [2.24, 2.45) is 5.92 Å². The summed E-state index contributed by atoms with van der Waals surface area (Å²) >= 11 is 0. The van der Waals surface area contributed by atoms with Crippen LogP contribution in [0.5, 0.6) is 5.75 Å². The molecule has 3 rings (SSSR count). The summed E-state index contributed by atoms with van der Waals surface area (Å²) in [6.07, 6.45) is 1.88. The predicted octanol–water partition coefficient (Wildman–Crippen LogP) is 1.72. The highest BCUT2D eigenvalue weighted by molar-refractivity contribution is 5.97. The Morgan fingerprint density at radius 1 is 1.38 bits per heavy atom. The summed E-state index contributed by atoms with van der Waals surface area (Å²) < 4.78 is 10.8. The smallest absolute Gasteiger partial charge is 0.257 e. The molecule has 7 nitrogen and oxygen atoms in total. The van der Waals surface area contributed by atoms with Crippen molar-refractivity contribution in [2.75, 3.05) is 20.2 Å². The second kappa shape index (κ2) is 6.60. The van der Waals surface area contributed by atoms with Gasteiger partial charge in [-0.05, 0) is 19.9 Å². The van der Waals surface area contributed by atoms with Crippen molar-refractivity contribution < 1.29 is 19.2 Å². The first-order valence-electron chi connectivity index (χ1n) is 7.87. The molecule has 1 N–H and O–H groups in total. The van der Waals surface area contributed by atoms with E-state index in [-0.39, 0.29) is 29.2 Å². The van der Waals surface area contributed by atoms with Crippen LogP contribution in [-0.4, -0.2) is 52.4 Å². The number of ether oxygens (including phenoxy) is 1. The van der Waals surface area contributed by atoms with Crippen LogP contribution in [0.3, 0.4) is 0 Å². The molecule has 2 aromatic heterocycles. The SMILES string of the molecule is CO[C@H]1CN(C(=O)c2cc(C)ncc2O)C[C@H]1Cc1cc(C)no1. The third-order valence-electron chi connectivity index (χ3n) is 4.36. The van der Waals surface area contributed by atoms with Crippen LogP contribution in [0.25, 0.3) is 0 Å². The number of carbonyl (C=O) groups is 1. The Morgan fingerprint density at radius 2 is 2.17 bits per heavy atom. The Hall–Kier alpha value is -2.41. The summed E-state index contributed by atoms with van der Waals surface area (Å²) in [7, 11) is 1.64. The summed E-state index contributed by atoms with van der Waals surface area (Å²) in [6.45, 7) is 4.68. The third-order valence-corrected chi connectivity index (χ3v) is 4.36. The number of hydrogen-bond donors (Lipinski definition) is 1. The number of amides is 1. The van der Waals surface area contributed by atoms with Gasteiger partial charge in [0.05, 0.1) is 23.6 Å². The number of hydrogen-bond acceptors (Lipinski definition) is 6. The summed E-state index contributed by atoms with van der Waals surface area (Å²) in [6, 6.07) is 3.50. The lowest BCUT2D eigenvalue weighted by Crippen LogP contribution is -2.30. The molecule has 0 bridgehead atoms. The number of nitrogens with zero attached hydrogens (tertiary/aromatic N) is 3. The fourth-order valence-electron chi connectivity index (χ4n) is 3.14. The summed E-state index contributed by atoms with van der Waals surface area (Å²) in [5.74, 6) is 0.595. The quantitative estimate of drug-likeness (QED) is 0.918. The van der Waals surface area contributed by atoms with Crippen LogP contribution in [0.1, 0.15) is 27.5 Å². The topological polar surface area (TPSA) is 88.7 Å². The van der Waals surface area contributed by atoms with E-state index in [2.05, 4.69) is 10.1 Å². The van der Waals surface area contributed by atoms with Crippen molar-refractivity contribution in [3.63, 3.8) is 0 Å². The molecule has 0 saturated carbocycles. The van der Waals surface area contributed by atoms with E-state index in [0.717, 1.165) is 11.5 Å². The van der Waals surface area contributed by atoms with Gasteiger partial charge < -0.3 is 19.3 Å². The van der Waals surface area contributed by atoms with E-state index >= 15 is 0 Å². The molecule has 1 aliphatic heterocycles. The molecule has 1 aliphatic rings. The maximum Gasteiger partial charge on any atom is 0.257 e. The Kier molecular flexibility index (Phi) is 4.53. The minimum absolute atomic E-state index is 0.0792. The minimum Gasteiger partial charge on any atom is -0.505 e. The Balaban J connectivity index is 1.75. The Morgan fingerprint density at radius 3 is 2.83 bits per heavy atom. The molecule has 128 valence electrons. The van der Waals surface area contributed by atoms with Crippen LogP contribution in [0.2, 0.25) is 0 Å². The number of aryl methyl sites for hydroxylation is 2. The van der Waals surface area contributed by atoms with E-state index in [0.29, 0.717) is 25.2 Å². The van der Waals surface area contributed by atoms with E-state index in [1.165, 1.54) is 6.20 Å². The number of rotatable bonds is 4. The van der Waals surface area contributed by atoms with Crippen LogP contribution < -0.4 is 0 Å². The number of likely N-dealkylation sites (tertiary alicyclic amines) is 1. The molecule has 0 unspecified atom stereocenters. The predicted molar refractivity (Wildman–Crippen MR) is 85.8 cm³/mol. The molecule has 3 heterocycles. The maximum atomic E-state index is 12.7. The Labute approximate surface area is 140 Å². The van der Waals surface area contributed by atoms with Gasteiger partial charge in [-0.3, -0.25) is 9.78 Å². The minimum atomic E-state index is -0.212. The van der Waals surface area contributed by atoms with Gasteiger partial charge in [0.2, 0.25) is 0 Å². The molecule has 2 atom stereocenters. The lowest BCUT2D eigenvalue weighted by molar-refractivity contribution is 0.0670. The molecule has 0 spiro atoms. The molecule has 0 radical (unpaired) electrons. The first-order valence-corrected chi connectivity index (χ1v) is 7.87. The third kappa shape index (κ3) is 3.26. The monoisotopic (exact) mass is 331 g/mol. The molecule has 0 aliphatic carbocycles. The van der Waals surface area contributed by atoms with Crippen molar-refractivity contribution in [1.82, 2.24) is 15.0 Å². The zero-order chi connectivity index (χ0) is 17.3. The second-order valence-corrected chi connectivity index (χ2v) is 6.23. The number of aromatic hydroxyl groups is 1. The van der Waals surface area contributed by atoms with Gasteiger partial charge in [-0.15, -0.1) is 0 Å². The van der Waals surface area contributed by atoms with Gasteiger partial charge in [0.1, 0.15) is 11.5 Å². The normalized spacial score (nSPS) is 20.5. The van der Waals surface area contributed by atoms with E-state index in [4.69, 9.17) is 9.26 Å². The van der Waals surface area contributed by atoms with Crippen molar-refractivity contribution in [3.05, 3.63) is 41.0 Å². The fraction of sp³-hybridized carbons (Fsp3) is 0.471. The van der Waals surface area contributed by atoms with Gasteiger partial charge in [0, 0.05) is 44.3 Å². The highest BCUT2D eigenvalue weighted by atomic mass is 16.5. The van der Waals surface area contributed by atoms with Crippen LogP contribution in [0.15, 0.2) is 22.9 Å². The van der Waals surface area contributed by atoms with Gasteiger partial charge in [0.15, 0.2) is 0 Å². The van der Waals surface area contributed by atoms with Crippen LogP contribution in [0, 0.1) is 19.8 Å². The molecule has 1 saturated heterocycles. The lowest BCUT2D eigenvalue weighted by Gasteiger charge is -2.17. The average molecular weight is 331 g/mol. The largest absolute Gasteiger partial charge is 0.505 e. The summed E-state index contributed by atoms with van der Waals surface area (Å²) in [5.41, 5.74) is 1.79.